The third-order valence-electron chi connectivity index (χ3n) is 0.777. The molecule has 5 nitrogen and oxygen atoms in total. The molecule has 0 saturated carbocycles. The molecular weight excluding hydrogens is 176 g/mol. The molecule has 0 aromatic rings. The quantitative estimate of drug-likeness (QED) is 0.639. The molecule has 0 fully saturated rings. The van der Waals surface area contributed by atoms with Gasteiger partial charge in [-0.05, 0) is 13.8 Å². The van der Waals surface area contributed by atoms with Crippen LogP contribution in [0, 0.1) is 0 Å². The van der Waals surface area contributed by atoms with Gasteiger partial charge in [0, 0.05) is 25.4 Å². The average molecular weight is 190 g/mol. The van der Waals surface area contributed by atoms with E-state index >= 15 is 0 Å². The summed E-state index contributed by atoms with van der Waals surface area (Å²) in [4.78, 5) is 19.1. The topological polar surface area (TPSA) is 83.8 Å². The number of carboxylic acid groups (broad SMARTS) is 2. The van der Waals surface area contributed by atoms with Gasteiger partial charge in [0.25, 0.3) is 0 Å². The Morgan fingerprint density at radius 3 is 1.46 bits per heavy atom. The second kappa shape index (κ2) is 10.6. The summed E-state index contributed by atoms with van der Waals surface area (Å²) >= 11 is 0. The molecule has 2 N–H and O–H groups in total. The van der Waals surface area contributed by atoms with E-state index in [0.29, 0.717) is 12.2 Å². The van der Waals surface area contributed by atoms with Crippen LogP contribution in [0.5, 0.6) is 0 Å². The minimum atomic E-state index is -1.26. The Morgan fingerprint density at radius 2 is 1.38 bits per heavy atom. The van der Waals surface area contributed by atoms with E-state index in [1.54, 1.807) is 0 Å². The maximum Gasteiger partial charge on any atom is 0.328 e. The van der Waals surface area contributed by atoms with Crippen molar-refractivity contribution in [3.63, 3.8) is 0 Å². The summed E-state index contributed by atoms with van der Waals surface area (Å²) in [6.07, 6.45) is 1.12. The molecule has 0 aliphatic rings. The van der Waals surface area contributed by atoms with E-state index in [-0.39, 0.29) is 0 Å². The highest BCUT2D eigenvalue weighted by molar-refractivity contribution is 5.89. The summed E-state index contributed by atoms with van der Waals surface area (Å²) < 4.78 is 4.83. The lowest BCUT2D eigenvalue weighted by Gasteiger charge is -1.86. The Balaban J connectivity index is 0. The van der Waals surface area contributed by atoms with Crippen LogP contribution in [0.25, 0.3) is 0 Å². The lowest BCUT2D eigenvalue weighted by molar-refractivity contribution is -0.134. The maximum atomic E-state index is 9.55. The number of hydrogen-bond acceptors (Lipinski definition) is 3. The van der Waals surface area contributed by atoms with Crippen LogP contribution in [-0.4, -0.2) is 35.4 Å². The predicted octanol–water partition coefficient (Wildman–Crippen LogP) is 0.755. The van der Waals surface area contributed by atoms with Crippen molar-refractivity contribution in [3.05, 3.63) is 12.2 Å². The van der Waals surface area contributed by atoms with Crippen LogP contribution in [0.15, 0.2) is 12.2 Å². The molecule has 0 unspecified atom stereocenters. The number of carboxylic acids is 2. The third kappa shape index (κ3) is 25.0. The van der Waals surface area contributed by atoms with Crippen LogP contribution in [0.1, 0.15) is 13.8 Å². The molecule has 76 valence electrons. The first-order valence-corrected chi connectivity index (χ1v) is 3.76. The van der Waals surface area contributed by atoms with Gasteiger partial charge >= 0.3 is 11.9 Å². The zero-order valence-electron chi connectivity index (χ0n) is 7.69. The zero-order chi connectivity index (χ0) is 10.7. The Hall–Kier alpha value is -1.36. The first kappa shape index (κ1) is 14.2. The molecule has 0 aromatic heterocycles. The Labute approximate surface area is 76.6 Å². The van der Waals surface area contributed by atoms with Crippen LogP contribution in [0.2, 0.25) is 0 Å². The van der Waals surface area contributed by atoms with Crippen molar-refractivity contribution < 1.29 is 24.5 Å². The molecule has 0 aliphatic heterocycles. The van der Waals surface area contributed by atoms with Crippen molar-refractivity contribution >= 4 is 11.9 Å². The van der Waals surface area contributed by atoms with E-state index in [4.69, 9.17) is 14.9 Å². The summed E-state index contributed by atoms with van der Waals surface area (Å²) in [7, 11) is 0. The number of rotatable bonds is 4. The van der Waals surface area contributed by atoms with Gasteiger partial charge in [0.1, 0.15) is 0 Å². The fourth-order valence-electron chi connectivity index (χ4n) is 0.347. The fraction of sp³-hybridized carbons (Fsp3) is 0.500. The molecule has 0 heterocycles. The van der Waals surface area contributed by atoms with Crippen LogP contribution < -0.4 is 0 Å². The van der Waals surface area contributed by atoms with E-state index in [2.05, 4.69) is 0 Å². The van der Waals surface area contributed by atoms with Crippen LogP contribution in [-0.2, 0) is 14.3 Å². The fourth-order valence-corrected chi connectivity index (χ4v) is 0.347. The van der Waals surface area contributed by atoms with Gasteiger partial charge in [0.05, 0.1) is 0 Å². The second-order valence-electron chi connectivity index (χ2n) is 1.79. The average Bonchev–Trinajstić information content (AvgIpc) is 2.03. The minimum Gasteiger partial charge on any atom is -0.478 e. The molecular formula is C8H14O5. The van der Waals surface area contributed by atoms with Crippen molar-refractivity contribution in [2.75, 3.05) is 13.2 Å². The lowest BCUT2D eigenvalue weighted by Crippen LogP contribution is -1.91. The number of ether oxygens (including phenoxy) is 1. The first-order valence-electron chi connectivity index (χ1n) is 3.76. The van der Waals surface area contributed by atoms with Gasteiger partial charge in [0.2, 0.25) is 0 Å². The van der Waals surface area contributed by atoms with Crippen molar-refractivity contribution in [2.45, 2.75) is 13.8 Å². The van der Waals surface area contributed by atoms with Gasteiger partial charge in [-0.25, -0.2) is 9.59 Å². The molecule has 0 atom stereocenters. The SMILES string of the molecule is CCOCC.O=C(O)/C=C/C(=O)O. The van der Waals surface area contributed by atoms with Gasteiger partial charge < -0.3 is 14.9 Å². The Bertz CT molecular complexity index is 155. The molecule has 0 spiro atoms. The normalized spacial score (nSPS) is 9.08. The molecule has 0 bridgehead atoms. The molecule has 0 radical (unpaired) electrons. The molecule has 13 heavy (non-hydrogen) atoms. The molecule has 0 amide bonds. The van der Waals surface area contributed by atoms with E-state index in [1.165, 1.54) is 0 Å². The summed E-state index contributed by atoms with van der Waals surface area (Å²) in [5.74, 6) is -2.51. The standard InChI is InChI=1S/C4H4O4.C4H10O/c5-3(6)1-2-4(7)8;1-3-5-4-2/h1-2H,(H,5,6)(H,7,8);3-4H2,1-2H3/b2-1+;. The van der Waals surface area contributed by atoms with Gasteiger partial charge in [-0.15, -0.1) is 0 Å². The van der Waals surface area contributed by atoms with Gasteiger partial charge in [-0.3, -0.25) is 0 Å². The van der Waals surface area contributed by atoms with E-state index in [0.717, 1.165) is 13.2 Å². The summed E-state index contributed by atoms with van der Waals surface area (Å²) in [5.41, 5.74) is 0. The van der Waals surface area contributed by atoms with Gasteiger partial charge in [-0.2, -0.15) is 0 Å². The Kier molecular flexibility index (Phi) is 11.6. The van der Waals surface area contributed by atoms with E-state index < -0.39 is 11.9 Å². The largest absolute Gasteiger partial charge is 0.478 e. The van der Waals surface area contributed by atoms with E-state index in [9.17, 15) is 9.59 Å². The third-order valence-corrected chi connectivity index (χ3v) is 0.777. The first-order chi connectivity index (χ1) is 6.04. The monoisotopic (exact) mass is 190 g/mol. The van der Waals surface area contributed by atoms with Crippen molar-refractivity contribution in [1.29, 1.82) is 0 Å². The summed E-state index contributed by atoms with van der Waals surface area (Å²) in [6.45, 7) is 5.67. The highest BCUT2D eigenvalue weighted by Crippen LogP contribution is 1.70. The van der Waals surface area contributed by atoms with Gasteiger partial charge in [0.15, 0.2) is 0 Å². The van der Waals surface area contributed by atoms with Gasteiger partial charge in [-0.1, -0.05) is 0 Å². The summed E-state index contributed by atoms with van der Waals surface area (Å²) in [5, 5.41) is 15.6. The second-order valence-corrected chi connectivity index (χ2v) is 1.79. The smallest absolute Gasteiger partial charge is 0.328 e. The highest BCUT2D eigenvalue weighted by atomic mass is 16.5. The minimum absolute atomic E-state index is 0.558. The van der Waals surface area contributed by atoms with Crippen LogP contribution in [0.4, 0.5) is 0 Å². The van der Waals surface area contributed by atoms with Crippen LogP contribution in [0.3, 0.4) is 0 Å². The lowest BCUT2D eigenvalue weighted by atomic mass is 10.5. The zero-order valence-corrected chi connectivity index (χ0v) is 7.69. The molecule has 0 aromatic carbocycles. The molecule has 0 rings (SSSR count). The molecule has 5 heteroatoms. The maximum absolute atomic E-state index is 9.55. The number of hydrogen-bond donors (Lipinski definition) is 2. The molecule has 0 saturated heterocycles. The summed E-state index contributed by atoms with van der Waals surface area (Å²) in [6, 6.07) is 0. The predicted molar refractivity (Wildman–Crippen MR) is 46.6 cm³/mol. The van der Waals surface area contributed by atoms with Crippen molar-refractivity contribution in [3.8, 4) is 0 Å². The van der Waals surface area contributed by atoms with Crippen LogP contribution >= 0.6 is 0 Å². The Morgan fingerprint density at radius 1 is 1.08 bits per heavy atom. The number of aliphatic carboxylic acids is 2. The molecule has 0 aliphatic carbocycles. The van der Waals surface area contributed by atoms with E-state index in [1.807, 2.05) is 13.8 Å². The highest BCUT2D eigenvalue weighted by Gasteiger charge is 1.88. The van der Waals surface area contributed by atoms with Crippen molar-refractivity contribution in [2.24, 2.45) is 0 Å². The number of carbonyl (C=O) groups is 2. The van der Waals surface area contributed by atoms with Crippen molar-refractivity contribution in [1.82, 2.24) is 0 Å².